The van der Waals surface area contributed by atoms with Gasteiger partial charge in [-0.3, -0.25) is 4.40 Å². The largest absolute Gasteiger partial charge is 0.507 e. The molecular formula is C22H18BrN3O3. The molecule has 0 radical (unpaired) electrons. The van der Waals surface area contributed by atoms with Crippen LogP contribution in [0.5, 0.6) is 17.2 Å². The van der Waals surface area contributed by atoms with Crippen LogP contribution in [-0.2, 0) is 0 Å². The lowest BCUT2D eigenvalue weighted by Crippen LogP contribution is -1.88. The van der Waals surface area contributed by atoms with E-state index in [1.807, 2.05) is 29.7 Å². The van der Waals surface area contributed by atoms with Crippen LogP contribution in [0.25, 0.3) is 16.9 Å². The molecule has 0 spiro atoms. The maximum atomic E-state index is 10.1. The zero-order valence-corrected chi connectivity index (χ0v) is 17.4. The molecule has 146 valence electrons. The highest BCUT2D eigenvalue weighted by Gasteiger charge is 2.15. The summed E-state index contributed by atoms with van der Waals surface area (Å²) in [7, 11) is 1.50. The van der Waals surface area contributed by atoms with E-state index in [2.05, 4.69) is 20.9 Å². The number of imidazole rings is 1. The fourth-order valence-electron chi connectivity index (χ4n) is 3.04. The van der Waals surface area contributed by atoms with Gasteiger partial charge in [0.25, 0.3) is 0 Å². The van der Waals surface area contributed by atoms with E-state index in [-0.39, 0.29) is 11.5 Å². The summed E-state index contributed by atoms with van der Waals surface area (Å²) in [5, 5.41) is 20.0. The molecule has 6 nitrogen and oxygen atoms in total. The summed E-state index contributed by atoms with van der Waals surface area (Å²) in [5.41, 5.74) is 3.80. The highest BCUT2D eigenvalue weighted by molar-refractivity contribution is 9.10. The molecule has 4 aromatic rings. The maximum absolute atomic E-state index is 10.1. The van der Waals surface area contributed by atoms with Crippen LogP contribution < -0.4 is 4.74 Å². The van der Waals surface area contributed by atoms with Gasteiger partial charge in [0.2, 0.25) is 0 Å². The molecule has 0 unspecified atom stereocenters. The zero-order valence-electron chi connectivity index (χ0n) is 15.8. The molecule has 0 bridgehead atoms. The fourth-order valence-corrected chi connectivity index (χ4v) is 3.41. The van der Waals surface area contributed by atoms with E-state index < -0.39 is 0 Å². The predicted molar refractivity (Wildman–Crippen MR) is 117 cm³/mol. The summed E-state index contributed by atoms with van der Waals surface area (Å²) in [6, 6.07) is 14.2. The summed E-state index contributed by atoms with van der Waals surface area (Å²) < 4.78 is 7.96. The van der Waals surface area contributed by atoms with Gasteiger partial charge in [-0.2, -0.15) is 0 Å². The van der Waals surface area contributed by atoms with E-state index in [0.717, 1.165) is 21.2 Å². The van der Waals surface area contributed by atoms with Gasteiger partial charge in [0.05, 0.1) is 7.11 Å². The van der Waals surface area contributed by atoms with Crippen molar-refractivity contribution < 1.29 is 14.9 Å². The number of aromatic hydroxyl groups is 2. The Morgan fingerprint density at radius 1 is 1.07 bits per heavy atom. The molecule has 2 heterocycles. The number of phenols is 2. The second kappa shape index (κ2) is 7.60. The normalized spacial score (nSPS) is 11.4. The number of pyridine rings is 1. The molecule has 0 saturated heterocycles. The summed E-state index contributed by atoms with van der Waals surface area (Å²) in [6.07, 6.45) is 3.51. The number of ether oxygens (including phenoxy) is 1. The third kappa shape index (κ3) is 3.69. The Kier molecular flexibility index (Phi) is 4.98. The van der Waals surface area contributed by atoms with Gasteiger partial charge in [0.1, 0.15) is 17.1 Å². The molecule has 0 saturated carbocycles. The molecule has 2 N–H and O–H groups in total. The highest BCUT2D eigenvalue weighted by Crippen LogP contribution is 2.36. The Bertz CT molecular complexity index is 1250. The lowest BCUT2D eigenvalue weighted by atomic mass is 10.1. The number of aryl methyl sites for hydroxylation is 1. The number of phenolic OH excluding ortho intramolecular Hbond substituents is 2. The van der Waals surface area contributed by atoms with Crippen molar-refractivity contribution in [3.63, 3.8) is 0 Å². The molecule has 0 fully saturated rings. The maximum Gasteiger partial charge on any atom is 0.165 e. The Morgan fingerprint density at radius 3 is 2.66 bits per heavy atom. The molecule has 0 amide bonds. The zero-order chi connectivity index (χ0) is 20.5. The first-order valence-corrected chi connectivity index (χ1v) is 9.64. The van der Waals surface area contributed by atoms with Crippen molar-refractivity contribution in [1.82, 2.24) is 9.38 Å². The number of fused-ring (bicyclic) bond motifs is 1. The monoisotopic (exact) mass is 451 g/mol. The van der Waals surface area contributed by atoms with Crippen LogP contribution in [0.3, 0.4) is 0 Å². The van der Waals surface area contributed by atoms with Gasteiger partial charge >= 0.3 is 0 Å². The Morgan fingerprint density at radius 2 is 1.86 bits per heavy atom. The van der Waals surface area contributed by atoms with Crippen molar-refractivity contribution in [3.05, 3.63) is 70.3 Å². The minimum absolute atomic E-state index is 0.0555. The van der Waals surface area contributed by atoms with Crippen LogP contribution in [0.4, 0.5) is 5.82 Å². The average molecular weight is 452 g/mol. The van der Waals surface area contributed by atoms with Crippen molar-refractivity contribution in [2.75, 3.05) is 7.11 Å². The van der Waals surface area contributed by atoms with Crippen molar-refractivity contribution in [2.45, 2.75) is 6.92 Å². The summed E-state index contributed by atoms with van der Waals surface area (Å²) in [5.74, 6) is 1.15. The molecule has 2 aromatic carbocycles. The quantitative estimate of drug-likeness (QED) is 0.415. The van der Waals surface area contributed by atoms with E-state index in [9.17, 15) is 10.2 Å². The number of hydrogen-bond acceptors (Lipinski definition) is 5. The Labute approximate surface area is 175 Å². The Balaban J connectivity index is 1.91. The van der Waals surface area contributed by atoms with Crippen molar-refractivity contribution in [3.8, 4) is 28.5 Å². The smallest absolute Gasteiger partial charge is 0.165 e. The van der Waals surface area contributed by atoms with E-state index in [1.165, 1.54) is 7.11 Å². The molecule has 0 atom stereocenters. The number of aromatic nitrogens is 2. The van der Waals surface area contributed by atoms with Gasteiger partial charge in [-0.25, -0.2) is 9.98 Å². The van der Waals surface area contributed by atoms with E-state index in [4.69, 9.17) is 9.72 Å². The third-order valence-corrected chi connectivity index (χ3v) is 5.02. The molecule has 0 aliphatic heterocycles. The Hall–Kier alpha value is -3.32. The number of halogens is 1. The number of rotatable bonds is 4. The van der Waals surface area contributed by atoms with Crippen LogP contribution in [0.15, 0.2) is 64.2 Å². The molecule has 29 heavy (non-hydrogen) atoms. The van der Waals surface area contributed by atoms with Gasteiger partial charge in [-0.1, -0.05) is 15.9 Å². The minimum atomic E-state index is 0.0555. The first kappa shape index (κ1) is 19.0. The number of hydrogen-bond donors (Lipinski definition) is 2. The molecule has 2 aromatic heterocycles. The SMILES string of the molecule is COc1cc(-c2nc3cc(C)ccn3c2/N=C/c2cc(Br)ccc2O)ccc1O. The number of methoxy groups -OCH3 is 1. The van der Waals surface area contributed by atoms with Crippen LogP contribution in [0.2, 0.25) is 0 Å². The number of nitrogens with zero attached hydrogens (tertiary/aromatic N) is 3. The summed E-state index contributed by atoms with van der Waals surface area (Å²) in [4.78, 5) is 9.38. The van der Waals surface area contributed by atoms with E-state index >= 15 is 0 Å². The van der Waals surface area contributed by atoms with Crippen LogP contribution in [-0.4, -0.2) is 32.9 Å². The minimum Gasteiger partial charge on any atom is -0.507 e. The lowest BCUT2D eigenvalue weighted by Gasteiger charge is -2.06. The highest BCUT2D eigenvalue weighted by atomic mass is 79.9. The first-order chi connectivity index (χ1) is 14.0. The number of benzene rings is 2. The van der Waals surface area contributed by atoms with Crippen LogP contribution in [0, 0.1) is 6.92 Å². The molecule has 7 heteroatoms. The summed E-state index contributed by atoms with van der Waals surface area (Å²) in [6.45, 7) is 2.00. The lowest BCUT2D eigenvalue weighted by molar-refractivity contribution is 0.373. The summed E-state index contributed by atoms with van der Waals surface area (Å²) >= 11 is 3.41. The van der Waals surface area contributed by atoms with Crippen LogP contribution in [0.1, 0.15) is 11.1 Å². The van der Waals surface area contributed by atoms with Gasteiger partial charge < -0.3 is 14.9 Å². The van der Waals surface area contributed by atoms with Gasteiger partial charge in [0.15, 0.2) is 17.3 Å². The van der Waals surface area contributed by atoms with E-state index in [0.29, 0.717) is 22.8 Å². The standard InChI is InChI=1S/C22H18BrN3O3/c1-13-7-8-26-20(9-13)25-21(14-3-5-18(28)19(11-14)29-2)22(26)24-12-15-10-16(23)4-6-17(15)27/h3-12,27-28H,1-2H3/b24-12+. The van der Waals surface area contributed by atoms with Gasteiger partial charge in [-0.15, -0.1) is 0 Å². The van der Waals surface area contributed by atoms with Crippen molar-refractivity contribution >= 4 is 33.6 Å². The predicted octanol–water partition coefficient (Wildman–Crippen LogP) is 5.24. The fraction of sp³-hybridized carbons (Fsp3) is 0.0909. The average Bonchev–Trinajstić information content (AvgIpc) is 3.06. The molecule has 4 rings (SSSR count). The first-order valence-electron chi connectivity index (χ1n) is 8.85. The van der Waals surface area contributed by atoms with Gasteiger partial charge in [0, 0.05) is 28.0 Å². The second-order valence-corrected chi connectivity index (χ2v) is 7.48. The van der Waals surface area contributed by atoms with Gasteiger partial charge in [-0.05, 0) is 61.0 Å². The molecular weight excluding hydrogens is 434 g/mol. The van der Waals surface area contributed by atoms with Crippen LogP contribution >= 0.6 is 15.9 Å². The van der Waals surface area contributed by atoms with Crippen molar-refractivity contribution in [2.24, 2.45) is 4.99 Å². The molecule has 0 aliphatic rings. The third-order valence-electron chi connectivity index (χ3n) is 4.53. The number of aliphatic imine (C=N–C) groups is 1. The topological polar surface area (TPSA) is 79.4 Å². The molecule has 0 aliphatic carbocycles. The van der Waals surface area contributed by atoms with Crippen molar-refractivity contribution in [1.29, 1.82) is 0 Å². The second-order valence-electron chi connectivity index (χ2n) is 6.56. The van der Waals surface area contributed by atoms with E-state index in [1.54, 1.807) is 42.6 Å².